The third-order valence-electron chi connectivity index (χ3n) is 5.18. The number of amides is 2. The van der Waals surface area contributed by atoms with Crippen molar-refractivity contribution in [1.82, 2.24) is 9.78 Å². The molecule has 2 heterocycles. The molecule has 2 aromatic carbocycles. The Morgan fingerprint density at radius 1 is 1.29 bits per heavy atom. The third kappa shape index (κ3) is 4.06. The van der Waals surface area contributed by atoms with Crippen LogP contribution in [-0.4, -0.2) is 35.3 Å². The number of primary amides is 1. The van der Waals surface area contributed by atoms with Gasteiger partial charge in [-0.25, -0.2) is 4.68 Å². The first-order valence-electron chi connectivity index (χ1n) is 9.60. The van der Waals surface area contributed by atoms with Gasteiger partial charge in [-0.1, -0.05) is 23.7 Å². The minimum Gasteiger partial charge on any atom is -0.493 e. The van der Waals surface area contributed by atoms with Gasteiger partial charge in [0.1, 0.15) is 5.82 Å². The number of hydrogen-bond acceptors (Lipinski definition) is 5. The maximum absolute atomic E-state index is 12.5. The highest BCUT2D eigenvalue weighted by Crippen LogP contribution is 2.41. The van der Waals surface area contributed by atoms with E-state index in [1.807, 2.05) is 31.2 Å². The van der Waals surface area contributed by atoms with Crippen molar-refractivity contribution in [3.63, 3.8) is 0 Å². The van der Waals surface area contributed by atoms with Crippen molar-refractivity contribution in [2.75, 3.05) is 19.0 Å². The van der Waals surface area contributed by atoms with Crippen molar-refractivity contribution >= 4 is 29.2 Å². The Kier molecular flexibility index (Phi) is 5.56. The van der Waals surface area contributed by atoms with Crippen molar-refractivity contribution in [2.24, 2.45) is 5.73 Å². The summed E-state index contributed by atoms with van der Waals surface area (Å²) in [6.45, 7) is 1.67. The molecule has 1 atom stereocenters. The number of nitrogens with zero attached hydrogens (tertiary/aromatic N) is 2. The number of halogens is 1. The topological polar surface area (TPSA) is 108 Å². The zero-order valence-corrected chi connectivity index (χ0v) is 17.8. The van der Waals surface area contributed by atoms with E-state index in [1.165, 1.54) is 7.11 Å². The summed E-state index contributed by atoms with van der Waals surface area (Å²) >= 11 is 6.28. The number of nitrogens with one attached hydrogen (secondary N) is 1. The fraction of sp³-hybridized carbons (Fsp3) is 0.227. The molecule has 3 aromatic rings. The third-order valence-corrected chi connectivity index (χ3v) is 5.59. The van der Waals surface area contributed by atoms with Crippen LogP contribution < -0.4 is 20.5 Å². The number of ether oxygens (including phenoxy) is 2. The van der Waals surface area contributed by atoms with Crippen LogP contribution >= 0.6 is 11.6 Å². The van der Waals surface area contributed by atoms with Crippen LogP contribution in [-0.2, 0) is 9.59 Å². The first-order chi connectivity index (χ1) is 14.9. The highest BCUT2D eigenvalue weighted by molar-refractivity contribution is 6.31. The first kappa shape index (κ1) is 20.7. The molecule has 1 aliphatic heterocycles. The Bertz CT molecular complexity index is 1170. The summed E-state index contributed by atoms with van der Waals surface area (Å²) in [5.41, 5.74) is 8.60. The quantitative estimate of drug-likeness (QED) is 0.612. The van der Waals surface area contributed by atoms with Gasteiger partial charge in [-0.3, -0.25) is 9.59 Å². The highest BCUT2D eigenvalue weighted by atomic mass is 35.5. The largest absolute Gasteiger partial charge is 0.493 e. The van der Waals surface area contributed by atoms with Crippen LogP contribution in [0.1, 0.15) is 29.0 Å². The number of aryl methyl sites for hydroxylation is 1. The standard InChI is InChI=1S/C22H21ClN4O4/c1-12-3-5-14(8-17(12)23)27-22-16(10-25-27)15(9-21(29)26-22)13-4-6-18(19(7-13)30-2)31-11-20(24)28/h3-8,10,15H,9,11H2,1-2H3,(H2,24,28)(H,26,29). The predicted molar refractivity (Wildman–Crippen MR) is 116 cm³/mol. The van der Waals surface area contributed by atoms with Crippen molar-refractivity contribution in [3.8, 4) is 17.2 Å². The van der Waals surface area contributed by atoms with Crippen LogP contribution in [0.15, 0.2) is 42.6 Å². The van der Waals surface area contributed by atoms with Gasteiger partial charge in [0.2, 0.25) is 5.91 Å². The molecule has 0 saturated heterocycles. The maximum Gasteiger partial charge on any atom is 0.255 e. The molecule has 0 fully saturated rings. The summed E-state index contributed by atoms with van der Waals surface area (Å²) < 4.78 is 12.5. The second kappa shape index (κ2) is 8.31. The Balaban J connectivity index is 1.72. The molecule has 1 unspecified atom stereocenters. The Morgan fingerprint density at radius 2 is 2.10 bits per heavy atom. The number of aromatic nitrogens is 2. The van der Waals surface area contributed by atoms with E-state index >= 15 is 0 Å². The molecule has 3 N–H and O–H groups in total. The van der Waals surface area contributed by atoms with Gasteiger partial charge in [0.15, 0.2) is 18.1 Å². The molecule has 1 aliphatic rings. The molecule has 4 rings (SSSR count). The smallest absolute Gasteiger partial charge is 0.255 e. The average Bonchev–Trinajstić information content (AvgIpc) is 3.17. The fourth-order valence-corrected chi connectivity index (χ4v) is 3.77. The van der Waals surface area contributed by atoms with E-state index in [-0.39, 0.29) is 24.9 Å². The van der Waals surface area contributed by atoms with Gasteiger partial charge < -0.3 is 20.5 Å². The van der Waals surface area contributed by atoms with E-state index in [0.717, 1.165) is 22.4 Å². The monoisotopic (exact) mass is 440 g/mol. The molecule has 160 valence electrons. The number of benzene rings is 2. The first-order valence-corrected chi connectivity index (χ1v) is 9.98. The van der Waals surface area contributed by atoms with Gasteiger partial charge in [0.25, 0.3) is 5.91 Å². The lowest BCUT2D eigenvalue weighted by molar-refractivity contribution is -0.120. The van der Waals surface area contributed by atoms with Gasteiger partial charge in [-0.2, -0.15) is 5.10 Å². The average molecular weight is 441 g/mol. The number of fused-ring (bicyclic) bond motifs is 1. The lowest BCUT2D eigenvalue weighted by Gasteiger charge is -2.24. The normalized spacial score (nSPS) is 15.2. The molecule has 1 aromatic heterocycles. The number of methoxy groups -OCH3 is 1. The Labute approximate surface area is 183 Å². The number of carbonyl (C=O) groups is 2. The summed E-state index contributed by atoms with van der Waals surface area (Å²) in [5, 5.41) is 8.04. The van der Waals surface area contributed by atoms with Crippen molar-refractivity contribution in [1.29, 1.82) is 0 Å². The molecule has 0 aliphatic carbocycles. The van der Waals surface area contributed by atoms with Crippen LogP contribution in [0.25, 0.3) is 5.69 Å². The van der Waals surface area contributed by atoms with Crippen molar-refractivity contribution < 1.29 is 19.1 Å². The van der Waals surface area contributed by atoms with Crippen molar-refractivity contribution in [2.45, 2.75) is 19.3 Å². The molecule has 0 spiro atoms. The lowest BCUT2D eigenvalue weighted by atomic mass is 9.87. The molecule has 8 nitrogen and oxygen atoms in total. The molecule has 31 heavy (non-hydrogen) atoms. The Hall–Kier alpha value is -3.52. The zero-order valence-electron chi connectivity index (χ0n) is 17.0. The van der Waals surface area contributed by atoms with E-state index in [1.54, 1.807) is 23.0 Å². The fourth-order valence-electron chi connectivity index (χ4n) is 3.60. The maximum atomic E-state index is 12.5. The number of carbonyl (C=O) groups excluding carboxylic acids is 2. The summed E-state index contributed by atoms with van der Waals surface area (Å²) in [4.78, 5) is 23.5. The summed E-state index contributed by atoms with van der Waals surface area (Å²) in [7, 11) is 1.51. The molecular weight excluding hydrogens is 420 g/mol. The summed E-state index contributed by atoms with van der Waals surface area (Å²) in [5.74, 6) is 0.528. The van der Waals surface area contributed by atoms with Crippen LogP contribution in [0.3, 0.4) is 0 Å². The number of hydrogen-bond donors (Lipinski definition) is 2. The van der Waals surface area contributed by atoms with Gasteiger partial charge in [-0.05, 0) is 42.3 Å². The molecule has 0 radical (unpaired) electrons. The van der Waals surface area contributed by atoms with E-state index in [4.69, 9.17) is 26.8 Å². The van der Waals surface area contributed by atoms with E-state index in [2.05, 4.69) is 10.4 Å². The van der Waals surface area contributed by atoms with Crippen LogP contribution in [0.2, 0.25) is 5.02 Å². The van der Waals surface area contributed by atoms with Crippen molar-refractivity contribution in [3.05, 3.63) is 64.3 Å². The minimum atomic E-state index is -0.580. The SMILES string of the molecule is COc1cc(C2CC(=O)Nc3c2cnn3-c2ccc(C)c(Cl)c2)ccc1OCC(N)=O. The van der Waals surface area contributed by atoms with Gasteiger partial charge in [0, 0.05) is 22.9 Å². The second-order valence-corrected chi connectivity index (χ2v) is 7.67. The summed E-state index contributed by atoms with van der Waals surface area (Å²) in [6, 6.07) is 11.0. The molecule has 0 saturated carbocycles. The minimum absolute atomic E-state index is 0.120. The molecule has 0 bridgehead atoms. The second-order valence-electron chi connectivity index (χ2n) is 7.26. The van der Waals surface area contributed by atoms with Crippen LogP contribution in [0.5, 0.6) is 11.5 Å². The molecule has 2 amide bonds. The molecule has 9 heteroatoms. The zero-order chi connectivity index (χ0) is 22.1. The molecular formula is C22H21ClN4O4. The predicted octanol–water partition coefficient (Wildman–Crippen LogP) is 3.18. The Morgan fingerprint density at radius 3 is 2.81 bits per heavy atom. The van der Waals surface area contributed by atoms with E-state index in [0.29, 0.717) is 22.3 Å². The van der Waals surface area contributed by atoms with Gasteiger partial charge in [0.05, 0.1) is 19.0 Å². The highest BCUT2D eigenvalue weighted by Gasteiger charge is 2.31. The van der Waals surface area contributed by atoms with Gasteiger partial charge >= 0.3 is 0 Å². The van der Waals surface area contributed by atoms with E-state index in [9.17, 15) is 9.59 Å². The number of anilines is 1. The van der Waals surface area contributed by atoms with Gasteiger partial charge in [-0.15, -0.1) is 0 Å². The number of rotatable bonds is 6. The van der Waals surface area contributed by atoms with Crippen LogP contribution in [0, 0.1) is 6.92 Å². The lowest BCUT2D eigenvalue weighted by Crippen LogP contribution is -2.24. The van der Waals surface area contributed by atoms with Crippen LogP contribution in [0.4, 0.5) is 5.82 Å². The summed E-state index contributed by atoms with van der Waals surface area (Å²) in [6.07, 6.45) is 2.01. The van der Waals surface area contributed by atoms with E-state index < -0.39 is 5.91 Å². The number of nitrogens with two attached hydrogens (primary N) is 1.